The van der Waals surface area contributed by atoms with Crippen LogP contribution in [0.4, 0.5) is 11.4 Å². The number of rotatable bonds is 6. The standard InChI is InChI=1S/C11H13N3O5.BrH/c12-9(11(16)17)5-6-10(15)13-7-1-3-8(4-2-7)14(18)19;/h1-4,9H,5-6,12H2,(H,13,15)(H,16,17);1H. The Kier molecular flexibility index (Phi) is 7.40. The molecule has 0 heterocycles. The molecule has 4 N–H and O–H groups in total. The lowest BCUT2D eigenvalue weighted by atomic mass is 10.1. The Labute approximate surface area is 124 Å². The maximum atomic E-state index is 11.5. The molecule has 20 heavy (non-hydrogen) atoms. The molecule has 110 valence electrons. The highest BCUT2D eigenvalue weighted by molar-refractivity contribution is 8.93. The van der Waals surface area contributed by atoms with Crippen LogP contribution in [0.1, 0.15) is 12.8 Å². The van der Waals surface area contributed by atoms with Gasteiger partial charge in [-0.05, 0) is 18.6 Å². The lowest BCUT2D eigenvalue weighted by molar-refractivity contribution is -0.384. The molecule has 0 fully saturated rings. The van der Waals surface area contributed by atoms with E-state index >= 15 is 0 Å². The summed E-state index contributed by atoms with van der Waals surface area (Å²) in [5.41, 5.74) is 5.58. The predicted octanol–water partition coefficient (Wildman–Crippen LogP) is 1.30. The zero-order chi connectivity index (χ0) is 14.4. The molecule has 1 aromatic rings. The molecular weight excluding hydrogens is 334 g/mol. The van der Waals surface area contributed by atoms with Crippen LogP contribution in [0.2, 0.25) is 0 Å². The van der Waals surface area contributed by atoms with Gasteiger partial charge in [-0.15, -0.1) is 17.0 Å². The summed E-state index contributed by atoms with van der Waals surface area (Å²) in [5, 5.41) is 21.5. The van der Waals surface area contributed by atoms with Crippen molar-refractivity contribution in [1.29, 1.82) is 0 Å². The molecule has 0 spiro atoms. The van der Waals surface area contributed by atoms with Crippen molar-refractivity contribution in [2.75, 3.05) is 5.32 Å². The predicted molar refractivity (Wildman–Crippen MR) is 76.9 cm³/mol. The molecule has 1 rings (SSSR count). The average molecular weight is 348 g/mol. The normalized spacial score (nSPS) is 11.1. The molecule has 1 atom stereocenters. The maximum absolute atomic E-state index is 11.5. The number of carboxylic acid groups (broad SMARTS) is 1. The second kappa shape index (κ2) is 8.23. The van der Waals surface area contributed by atoms with Gasteiger partial charge in [0.2, 0.25) is 5.91 Å². The molecule has 0 aliphatic heterocycles. The third-order valence-electron chi connectivity index (χ3n) is 2.36. The molecule has 1 aromatic carbocycles. The van der Waals surface area contributed by atoms with Crippen molar-refractivity contribution in [2.24, 2.45) is 5.73 Å². The maximum Gasteiger partial charge on any atom is 0.320 e. The van der Waals surface area contributed by atoms with E-state index in [0.717, 1.165) is 0 Å². The average Bonchev–Trinajstić information content (AvgIpc) is 2.36. The van der Waals surface area contributed by atoms with Crippen LogP contribution in [0.5, 0.6) is 0 Å². The Morgan fingerprint density at radius 2 is 1.90 bits per heavy atom. The minimum absolute atomic E-state index is 0. The van der Waals surface area contributed by atoms with Crippen LogP contribution in [0.3, 0.4) is 0 Å². The zero-order valence-corrected chi connectivity index (χ0v) is 12.0. The van der Waals surface area contributed by atoms with E-state index in [-0.39, 0.29) is 35.5 Å². The molecule has 0 bridgehead atoms. The summed E-state index contributed by atoms with van der Waals surface area (Å²) in [6, 6.07) is 4.24. The van der Waals surface area contributed by atoms with Crippen LogP contribution >= 0.6 is 17.0 Å². The van der Waals surface area contributed by atoms with Crippen molar-refractivity contribution in [3.63, 3.8) is 0 Å². The van der Waals surface area contributed by atoms with Crippen molar-refractivity contribution >= 4 is 40.2 Å². The van der Waals surface area contributed by atoms with Gasteiger partial charge < -0.3 is 16.2 Å². The molecule has 0 aromatic heterocycles. The van der Waals surface area contributed by atoms with Gasteiger partial charge in [-0.25, -0.2) is 0 Å². The molecule has 0 aliphatic rings. The van der Waals surface area contributed by atoms with Crippen molar-refractivity contribution in [3.05, 3.63) is 34.4 Å². The van der Waals surface area contributed by atoms with Gasteiger partial charge in [-0.1, -0.05) is 0 Å². The van der Waals surface area contributed by atoms with Gasteiger partial charge in [0, 0.05) is 24.2 Å². The van der Waals surface area contributed by atoms with Gasteiger partial charge >= 0.3 is 5.97 Å². The number of anilines is 1. The number of benzene rings is 1. The molecule has 0 radical (unpaired) electrons. The quantitative estimate of drug-likeness (QED) is 0.524. The third kappa shape index (κ3) is 5.76. The minimum atomic E-state index is -1.16. The Bertz CT molecular complexity index is 491. The smallest absolute Gasteiger partial charge is 0.320 e. The van der Waals surface area contributed by atoms with E-state index in [0.29, 0.717) is 5.69 Å². The number of nitrogens with one attached hydrogen (secondary N) is 1. The molecule has 9 heteroatoms. The summed E-state index contributed by atoms with van der Waals surface area (Å²) < 4.78 is 0. The van der Waals surface area contributed by atoms with Crippen molar-refractivity contribution in [1.82, 2.24) is 0 Å². The lowest BCUT2D eigenvalue weighted by Gasteiger charge is -2.07. The third-order valence-corrected chi connectivity index (χ3v) is 2.36. The Balaban J connectivity index is 0.00000361. The van der Waals surface area contributed by atoms with E-state index in [1.807, 2.05) is 0 Å². The summed E-state index contributed by atoms with van der Waals surface area (Å²) >= 11 is 0. The van der Waals surface area contributed by atoms with E-state index in [2.05, 4.69) is 5.32 Å². The first-order valence-corrected chi connectivity index (χ1v) is 5.43. The Morgan fingerprint density at radius 1 is 1.35 bits per heavy atom. The van der Waals surface area contributed by atoms with E-state index in [1.165, 1.54) is 24.3 Å². The first-order chi connectivity index (χ1) is 8.90. The van der Waals surface area contributed by atoms with Crippen molar-refractivity contribution in [3.8, 4) is 0 Å². The highest BCUT2D eigenvalue weighted by Gasteiger charge is 2.13. The first kappa shape index (κ1) is 18.0. The van der Waals surface area contributed by atoms with Crippen LogP contribution in [-0.2, 0) is 9.59 Å². The van der Waals surface area contributed by atoms with Crippen LogP contribution in [0.25, 0.3) is 0 Å². The monoisotopic (exact) mass is 347 g/mol. The van der Waals surface area contributed by atoms with Crippen molar-refractivity contribution in [2.45, 2.75) is 18.9 Å². The molecule has 0 saturated heterocycles. The first-order valence-electron chi connectivity index (χ1n) is 5.43. The van der Waals surface area contributed by atoms with Crippen molar-refractivity contribution < 1.29 is 19.6 Å². The number of nitrogens with two attached hydrogens (primary N) is 1. The second-order valence-corrected chi connectivity index (χ2v) is 3.84. The highest BCUT2D eigenvalue weighted by Crippen LogP contribution is 2.15. The number of amides is 1. The number of hydrogen-bond donors (Lipinski definition) is 3. The molecule has 1 amide bonds. The zero-order valence-electron chi connectivity index (χ0n) is 10.3. The molecule has 0 aliphatic carbocycles. The molecule has 8 nitrogen and oxygen atoms in total. The van der Waals surface area contributed by atoms with Gasteiger partial charge in [0.15, 0.2) is 0 Å². The number of nitrogens with zero attached hydrogens (tertiary/aromatic N) is 1. The number of hydrogen-bond acceptors (Lipinski definition) is 5. The number of carbonyl (C=O) groups is 2. The lowest BCUT2D eigenvalue weighted by Crippen LogP contribution is -2.31. The number of carbonyl (C=O) groups excluding carboxylic acids is 1. The second-order valence-electron chi connectivity index (χ2n) is 3.84. The number of nitro benzene ring substituents is 1. The van der Waals surface area contributed by atoms with Gasteiger partial charge in [-0.2, -0.15) is 0 Å². The fourth-order valence-electron chi connectivity index (χ4n) is 1.30. The summed E-state index contributed by atoms with van der Waals surface area (Å²) in [5.74, 6) is -1.56. The largest absolute Gasteiger partial charge is 0.480 e. The number of carboxylic acids is 1. The van der Waals surface area contributed by atoms with Gasteiger partial charge in [0.25, 0.3) is 5.69 Å². The number of halogens is 1. The number of aliphatic carboxylic acids is 1. The van der Waals surface area contributed by atoms with Crippen LogP contribution in [0.15, 0.2) is 24.3 Å². The summed E-state index contributed by atoms with van der Waals surface area (Å²) in [4.78, 5) is 31.8. The molecule has 0 saturated carbocycles. The van der Waals surface area contributed by atoms with E-state index < -0.39 is 22.8 Å². The van der Waals surface area contributed by atoms with Crippen LogP contribution in [-0.4, -0.2) is 27.9 Å². The van der Waals surface area contributed by atoms with Gasteiger partial charge in [0.05, 0.1) is 4.92 Å². The highest BCUT2D eigenvalue weighted by atomic mass is 79.9. The van der Waals surface area contributed by atoms with E-state index in [4.69, 9.17) is 10.8 Å². The summed E-state index contributed by atoms with van der Waals surface area (Å²) in [6.07, 6.45) is -0.0153. The SMILES string of the molecule is Br.NC(CCC(=O)Nc1ccc([N+](=O)[O-])cc1)C(=O)O. The van der Waals surface area contributed by atoms with E-state index in [1.54, 1.807) is 0 Å². The Hall–Kier alpha value is -2.00. The topological polar surface area (TPSA) is 136 Å². The summed E-state index contributed by atoms with van der Waals surface area (Å²) in [6.45, 7) is 0. The fourth-order valence-corrected chi connectivity index (χ4v) is 1.30. The van der Waals surface area contributed by atoms with Crippen LogP contribution in [0, 0.1) is 10.1 Å². The van der Waals surface area contributed by atoms with Gasteiger partial charge in [-0.3, -0.25) is 19.7 Å². The van der Waals surface area contributed by atoms with Crippen LogP contribution < -0.4 is 11.1 Å². The van der Waals surface area contributed by atoms with E-state index in [9.17, 15) is 19.7 Å². The Morgan fingerprint density at radius 3 is 2.35 bits per heavy atom. The molecule has 1 unspecified atom stereocenters. The molecular formula is C11H14BrN3O5. The van der Waals surface area contributed by atoms with Gasteiger partial charge in [0.1, 0.15) is 6.04 Å². The minimum Gasteiger partial charge on any atom is -0.480 e. The summed E-state index contributed by atoms with van der Waals surface area (Å²) in [7, 11) is 0. The number of nitro groups is 1. The number of non-ortho nitro benzene ring substituents is 1. The fraction of sp³-hybridized carbons (Fsp3) is 0.273.